The SMILES string of the molecule is CCOc1ccc(CC(=O)Nc2sc3c(c2C(=O)OC)CCC3)cc1. The van der Waals surface area contributed by atoms with Gasteiger partial charge in [0.25, 0.3) is 0 Å². The van der Waals surface area contributed by atoms with Crippen LogP contribution in [0.4, 0.5) is 5.00 Å². The number of thiophene rings is 1. The number of esters is 1. The molecule has 25 heavy (non-hydrogen) atoms. The standard InChI is InChI=1S/C19H21NO4S/c1-3-24-13-9-7-12(8-10-13)11-16(21)20-18-17(19(22)23-2)14-5-4-6-15(14)25-18/h7-10H,3-6,11H2,1-2H3,(H,20,21). The van der Waals surface area contributed by atoms with Gasteiger partial charge in [-0.15, -0.1) is 11.3 Å². The molecule has 1 amide bonds. The Morgan fingerprint density at radius 1 is 1.20 bits per heavy atom. The minimum Gasteiger partial charge on any atom is -0.494 e. The summed E-state index contributed by atoms with van der Waals surface area (Å²) in [5, 5.41) is 3.50. The normalized spacial score (nSPS) is 12.6. The zero-order valence-corrected chi connectivity index (χ0v) is 15.2. The van der Waals surface area contributed by atoms with E-state index in [1.165, 1.54) is 23.3 Å². The molecular weight excluding hydrogens is 338 g/mol. The summed E-state index contributed by atoms with van der Waals surface area (Å²) in [6.45, 7) is 2.54. The molecule has 132 valence electrons. The number of rotatable bonds is 6. The van der Waals surface area contributed by atoms with E-state index in [-0.39, 0.29) is 18.3 Å². The molecule has 1 N–H and O–H groups in total. The molecule has 0 aliphatic heterocycles. The van der Waals surface area contributed by atoms with Crippen molar-refractivity contribution in [3.05, 3.63) is 45.8 Å². The summed E-state index contributed by atoms with van der Waals surface area (Å²) in [4.78, 5) is 25.7. The average molecular weight is 359 g/mol. The minimum absolute atomic E-state index is 0.144. The van der Waals surface area contributed by atoms with Crippen molar-refractivity contribution in [2.75, 3.05) is 19.0 Å². The van der Waals surface area contributed by atoms with E-state index in [9.17, 15) is 9.59 Å². The summed E-state index contributed by atoms with van der Waals surface area (Å²) in [5.41, 5.74) is 2.46. The molecule has 5 nitrogen and oxygen atoms in total. The molecule has 3 rings (SSSR count). The highest BCUT2D eigenvalue weighted by Gasteiger charge is 2.27. The summed E-state index contributed by atoms with van der Waals surface area (Å²) in [5.74, 6) is 0.263. The van der Waals surface area contributed by atoms with Crippen LogP contribution in [0, 0.1) is 0 Å². The van der Waals surface area contributed by atoms with Crippen molar-refractivity contribution >= 4 is 28.2 Å². The third-order valence-corrected chi connectivity index (χ3v) is 5.37. The molecule has 2 aromatic rings. The van der Waals surface area contributed by atoms with Gasteiger partial charge in [-0.25, -0.2) is 4.79 Å². The van der Waals surface area contributed by atoms with E-state index >= 15 is 0 Å². The van der Waals surface area contributed by atoms with Gasteiger partial charge in [-0.05, 0) is 49.4 Å². The van der Waals surface area contributed by atoms with Crippen molar-refractivity contribution in [2.24, 2.45) is 0 Å². The van der Waals surface area contributed by atoms with Gasteiger partial charge >= 0.3 is 5.97 Å². The van der Waals surface area contributed by atoms with Crippen LogP contribution in [-0.4, -0.2) is 25.6 Å². The van der Waals surface area contributed by atoms with E-state index in [0.717, 1.165) is 36.1 Å². The summed E-state index contributed by atoms with van der Waals surface area (Å²) in [6.07, 6.45) is 3.12. The Hall–Kier alpha value is -2.34. The molecule has 0 saturated carbocycles. The summed E-state index contributed by atoms with van der Waals surface area (Å²) < 4.78 is 10.3. The molecule has 0 bridgehead atoms. The predicted octanol–water partition coefficient (Wildman–Crippen LogP) is 3.60. The van der Waals surface area contributed by atoms with Gasteiger partial charge < -0.3 is 14.8 Å². The van der Waals surface area contributed by atoms with Crippen molar-refractivity contribution in [3.63, 3.8) is 0 Å². The van der Waals surface area contributed by atoms with Crippen molar-refractivity contribution in [1.29, 1.82) is 0 Å². The maximum absolute atomic E-state index is 12.4. The van der Waals surface area contributed by atoms with Gasteiger partial charge in [-0.2, -0.15) is 0 Å². The third-order valence-electron chi connectivity index (χ3n) is 4.16. The van der Waals surface area contributed by atoms with Crippen molar-refractivity contribution in [3.8, 4) is 5.75 Å². The second kappa shape index (κ2) is 7.70. The smallest absolute Gasteiger partial charge is 0.341 e. The lowest BCUT2D eigenvalue weighted by Gasteiger charge is -2.08. The van der Waals surface area contributed by atoms with Crippen LogP contribution in [0.1, 0.15) is 39.7 Å². The molecule has 1 aliphatic rings. The van der Waals surface area contributed by atoms with Gasteiger partial charge in [-0.1, -0.05) is 12.1 Å². The lowest BCUT2D eigenvalue weighted by Crippen LogP contribution is -2.16. The summed E-state index contributed by atoms with van der Waals surface area (Å²) in [7, 11) is 1.37. The van der Waals surface area contributed by atoms with Gasteiger partial charge in [0.1, 0.15) is 10.8 Å². The summed E-state index contributed by atoms with van der Waals surface area (Å²) >= 11 is 1.49. The maximum atomic E-state index is 12.4. The van der Waals surface area contributed by atoms with E-state index in [1.54, 1.807) is 0 Å². The largest absolute Gasteiger partial charge is 0.494 e. The van der Waals surface area contributed by atoms with Crippen LogP contribution in [0.15, 0.2) is 24.3 Å². The number of fused-ring (bicyclic) bond motifs is 1. The van der Waals surface area contributed by atoms with Crippen molar-refractivity contribution < 1.29 is 19.1 Å². The number of hydrogen-bond donors (Lipinski definition) is 1. The fraction of sp³-hybridized carbons (Fsp3) is 0.368. The van der Waals surface area contributed by atoms with Crippen LogP contribution in [0.25, 0.3) is 0 Å². The molecule has 0 saturated heterocycles. The molecule has 1 aromatic carbocycles. The Morgan fingerprint density at radius 2 is 1.96 bits per heavy atom. The van der Waals surface area contributed by atoms with E-state index in [2.05, 4.69) is 5.32 Å². The first-order valence-electron chi connectivity index (χ1n) is 8.36. The minimum atomic E-state index is -0.379. The van der Waals surface area contributed by atoms with Gasteiger partial charge in [0.05, 0.1) is 25.7 Å². The molecule has 1 aliphatic carbocycles. The number of benzene rings is 1. The zero-order valence-electron chi connectivity index (χ0n) is 14.4. The topological polar surface area (TPSA) is 64.6 Å². The number of carbonyl (C=O) groups is 2. The predicted molar refractivity (Wildman–Crippen MR) is 97.6 cm³/mol. The van der Waals surface area contributed by atoms with Crippen LogP contribution < -0.4 is 10.1 Å². The monoisotopic (exact) mass is 359 g/mol. The van der Waals surface area contributed by atoms with E-state index in [0.29, 0.717) is 17.2 Å². The molecule has 1 aromatic heterocycles. The molecule has 0 spiro atoms. The van der Waals surface area contributed by atoms with Crippen molar-refractivity contribution in [1.82, 2.24) is 0 Å². The first-order valence-corrected chi connectivity index (χ1v) is 9.18. The molecule has 1 heterocycles. The fourth-order valence-electron chi connectivity index (χ4n) is 3.04. The Morgan fingerprint density at radius 3 is 2.64 bits per heavy atom. The molecular formula is C19H21NO4S. The van der Waals surface area contributed by atoms with Crippen molar-refractivity contribution in [2.45, 2.75) is 32.6 Å². The first kappa shape index (κ1) is 17.5. The zero-order chi connectivity index (χ0) is 17.8. The quantitative estimate of drug-likeness (QED) is 0.801. The Labute approximate surface area is 151 Å². The van der Waals surface area contributed by atoms with Crippen LogP contribution in [-0.2, 0) is 28.8 Å². The first-order chi connectivity index (χ1) is 12.1. The maximum Gasteiger partial charge on any atom is 0.341 e. The Kier molecular flexibility index (Phi) is 5.38. The molecule has 6 heteroatoms. The van der Waals surface area contributed by atoms with E-state index in [4.69, 9.17) is 9.47 Å². The van der Waals surface area contributed by atoms with Gasteiger partial charge in [-0.3, -0.25) is 4.79 Å². The number of carbonyl (C=O) groups excluding carboxylic acids is 2. The second-order valence-electron chi connectivity index (χ2n) is 5.85. The highest BCUT2D eigenvalue weighted by Crippen LogP contribution is 2.39. The lowest BCUT2D eigenvalue weighted by atomic mass is 10.1. The number of anilines is 1. The van der Waals surface area contributed by atoms with Crippen LogP contribution >= 0.6 is 11.3 Å². The Balaban J connectivity index is 1.72. The number of ether oxygens (including phenoxy) is 2. The molecule has 0 atom stereocenters. The van der Waals surface area contributed by atoms with Crippen LogP contribution in [0.5, 0.6) is 5.75 Å². The second-order valence-corrected chi connectivity index (χ2v) is 6.96. The fourth-order valence-corrected chi connectivity index (χ4v) is 4.33. The van der Waals surface area contributed by atoms with E-state index < -0.39 is 0 Å². The summed E-state index contributed by atoms with van der Waals surface area (Å²) in [6, 6.07) is 7.46. The third kappa shape index (κ3) is 3.85. The molecule has 0 unspecified atom stereocenters. The lowest BCUT2D eigenvalue weighted by molar-refractivity contribution is -0.115. The Bertz CT molecular complexity index is 779. The number of aryl methyl sites for hydroxylation is 1. The molecule has 0 radical (unpaired) electrons. The highest BCUT2D eigenvalue weighted by molar-refractivity contribution is 7.17. The number of hydrogen-bond acceptors (Lipinski definition) is 5. The average Bonchev–Trinajstić information content (AvgIpc) is 3.17. The number of amides is 1. The van der Waals surface area contributed by atoms with Crippen LogP contribution in [0.3, 0.4) is 0 Å². The van der Waals surface area contributed by atoms with Gasteiger partial charge in [0.15, 0.2) is 0 Å². The number of nitrogens with one attached hydrogen (secondary N) is 1. The van der Waals surface area contributed by atoms with Gasteiger partial charge in [0, 0.05) is 4.88 Å². The van der Waals surface area contributed by atoms with Crippen LogP contribution in [0.2, 0.25) is 0 Å². The number of methoxy groups -OCH3 is 1. The highest BCUT2D eigenvalue weighted by atomic mass is 32.1. The van der Waals surface area contributed by atoms with Gasteiger partial charge in [0.2, 0.25) is 5.91 Å². The van der Waals surface area contributed by atoms with E-state index in [1.807, 2.05) is 31.2 Å². The molecule has 0 fully saturated rings.